The molecule has 3 aromatic carbocycles. The van der Waals surface area contributed by atoms with Crippen molar-refractivity contribution in [1.82, 2.24) is 20.6 Å². The lowest BCUT2D eigenvalue weighted by molar-refractivity contribution is -0.142. The third-order valence-electron chi connectivity index (χ3n) is 9.59. The highest BCUT2D eigenvalue weighted by Gasteiger charge is 2.32. The van der Waals surface area contributed by atoms with Crippen LogP contribution in [0.5, 0.6) is 5.75 Å². The molecule has 0 radical (unpaired) electrons. The average Bonchev–Trinajstić information content (AvgIpc) is 3.71. The first-order valence-corrected chi connectivity index (χ1v) is 19.9. The van der Waals surface area contributed by atoms with E-state index >= 15 is 0 Å². The number of amides is 2. The first-order valence-electron chi connectivity index (χ1n) is 19.1. The van der Waals surface area contributed by atoms with Crippen molar-refractivity contribution in [2.45, 2.75) is 96.6 Å². The number of aromatic nitrogens is 2. The van der Waals surface area contributed by atoms with Crippen LogP contribution in [0.15, 0.2) is 103 Å². The summed E-state index contributed by atoms with van der Waals surface area (Å²) < 4.78 is 5.91. The smallest absolute Gasteiger partial charge is 0.326 e. The van der Waals surface area contributed by atoms with E-state index in [1.165, 1.54) is 37.0 Å². The van der Waals surface area contributed by atoms with Crippen molar-refractivity contribution in [3.05, 3.63) is 124 Å². The van der Waals surface area contributed by atoms with Crippen LogP contribution in [0.1, 0.15) is 98.3 Å². The molecule has 0 fully saturated rings. The molecule has 288 valence electrons. The second kappa shape index (κ2) is 19.3. The number of carbonyl (C=O) groups excluding carboxylic acids is 2. The summed E-state index contributed by atoms with van der Waals surface area (Å²) in [4.78, 5) is 50.5. The molecule has 0 unspecified atom stereocenters. The Bertz CT molecular complexity index is 1990. The number of nitrogens with zero attached hydrogens (tertiary/aromatic N) is 2. The summed E-state index contributed by atoms with van der Waals surface area (Å²) in [5.41, 5.74) is 4.08. The van der Waals surface area contributed by atoms with Gasteiger partial charge in [-0.2, -0.15) is 0 Å². The Morgan fingerprint density at radius 2 is 1.44 bits per heavy atom. The Hall–Kier alpha value is -5.35. The zero-order valence-corrected chi connectivity index (χ0v) is 33.2. The largest absolute Gasteiger partial charge is 0.494 e. The molecule has 0 aliphatic carbocycles. The predicted octanol–water partition coefficient (Wildman–Crippen LogP) is 9.23. The van der Waals surface area contributed by atoms with Gasteiger partial charge in [0.1, 0.15) is 17.8 Å². The van der Waals surface area contributed by atoms with Crippen molar-refractivity contribution >= 4 is 29.1 Å². The van der Waals surface area contributed by atoms with E-state index in [2.05, 4.69) is 48.3 Å². The molecule has 2 heterocycles. The van der Waals surface area contributed by atoms with Crippen LogP contribution in [-0.4, -0.2) is 51.5 Å². The summed E-state index contributed by atoms with van der Waals surface area (Å²) in [7, 11) is 0. The number of unbranched alkanes of at least 4 members (excludes halogenated alkanes) is 4. The highest BCUT2D eigenvalue weighted by Crippen LogP contribution is 2.30. The van der Waals surface area contributed by atoms with Crippen LogP contribution in [0.4, 0.5) is 0 Å². The maximum absolute atomic E-state index is 13.9. The number of carboxylic acids is 1. The van der Waals surface area contributed by atoms with E-state index in [4.69, 9.17) is 4.74 Å². The van der Waals surface area contributed by atoms with Gasteiger partial charge in [-0.05, 0) is 52.8 Å². The monoisotopic (exact) mass is 760 g/mol. The summed E-state index contributed by atoms with van der Waals surface area (Å²) in [6.07, 6.45) is 9.71. The number of thiophene rings is 1. The summed E-state index contributed by atoms with van der Waals surface area (Å²) >= 11 is 1.38. The number of nitrogens with one attached hydrogen (secondary N) is 2. The molecular weight excluding hydrogens is 709 g/mol. The molecule has 0 aliphatic heterocycles. The van der Waals surface area contributed by atoms with Crippen molar-refractivity contribution in [3.63, 3.8) is 0 Å². The van der Waals surface area contributed by atoms with Gasteiger partial charge in [0, 0.05) is 40.7 Å². The summed E-state index contributed by atoms with van der Waals surface area (Å²) in [5, 5.41) is 15.7. The van der Waals surface area contributed by atoms with Gasteiger partial charge in [0.25, 0.3) is 5.91 Å². The van der Waals surface area contributed by atoms with Crippen molar-refractivity contribution in [1.29, 1.82) is 0 Å². The van der Waals surface area contributed by atoms with E-state index in [9.17, 15) is 19.5 Å². The van der Waals surface area contributed by atoms with Gasteiger partial charge in [0.15, 0.2) is 5.82 Å². The van der Waals surface area contributed by atoms with Gasteiger partial charge < -0.3 is 20.5 Å². The lowest BCUT2D eigenvalue weighted by atomic mass is 9.92. The van der Waals surface area contributed by atoms with Crippen LogP contribution in [0.3, 0.4) is 0 Å². The molecule has 0 saturated heterocycles. The topological polar surface area (TPSA) is 131 Å². The predicted molar refractivity (Wildman–Crippen MR) is 220 cm³/mol. The Morgan fingerprint density at radius 1 is 0.782 bits per heavy atom. The first kappa shape index (κ1) is 40.8. The highest BCUT2D eigenvalue weighted by molar-refractivity contribution is 7.14. The van der Waals surface area contributed by atoms with E-state index in [1.807, 2.05) is 84.9 Å². The summed E-state index contributed by atoms with van der Waals surface area (Å²) in [6, 6.07) is 26.1. The van der Waals surface area contributed by atoms with Gasteiger partial charge in [0.05, 0.1) is 11.5 Å². The van der Waals surface area contributed by atoms with Crippen LogP contribution >= 0.6 is 11.3 Å². The quantitative estimate of drug-likeness (QED) is 0.0760. The molecule has 2 aromatic heterocycles. The van der Waals surface area contributed by atoms with Crippen molar-refractivity contribution in [3.8, 4) is 28.3 Å². The molecule has 9 nitrogen and oxygen atoms in total. The number of ether oxygens (including phenoxy) is 1. The number of hydrogen-bond acceptors (Lipinski definition) is 7. The Labute approximate surface area is 328 Å². The minimum Gasteiger partial charge on any atom is -0.494 e. The van der Waals surface area contributed by atoms with Gasteiger partial charge in [-0.15, -0.1) is 11.3 Å². The number of aliphatic carboxylic acids is 1. The van der Waals surface area contributed by atoms with Crippen LogP contribution in [0, 0.1) is 0 Å². The van der Waals surface area contributed by atoms with Gasteiger partial charge in [0.2, 0.25) is 5.91 Å². The fourth-order valence-corrected chi connectivity index (χ4v) is 7.16. The first-order chi connectivity index (χ1) is 26.4. The normalized spacial score (nSPS) is 13.0. The maximum atomic E-state index is 13.9. The standard InChI is InChI=1S/C45H52N4O5S/c1-6-7-8-9-13-26-54-36-22-20-33(21-23-36)35-28-46-41(47-29-35)34-18-16-31(17-19-34)27-37(48-43(51)38-24-25-39(55-38)45(3,4)5)42(50)49-40(44(52)53)30(2)32-14-11-10-12-15-32/h10-12,14-25,28-30,37,40H,6-9,13,26-27H2,1-5H3,(H,48,51)(H,49,50)(H,52,53)/t30-,37-,40-/m0/s1. The Morgan fingerprint density at radius 3 is 2.05 bits per heavy atom. The number of carbonyl (C=O) groups is 3. The van der Waals surface area contributed by atoms with E-state index in [0.717, 1.165) is 51.5 Å². The zero-order valence-electron chi connectivity index (χ0n) is 32.4. The van der Waals surface area contributed by atoms with Crippen molar-refractivity contribution in [2.75, 3.05) is 6.61 Å². The summed E-state index contributed by atoms with van der Waals surface area (Å²) in [6.45, 7) is 10.9. The molecule has 5 rings (SSSR count). The van der Waals surface area contributed by atoms with Crippen LogP contribution in [0.25, 0.3) is 22.5 Å². The molecule has 10 heteroatoms. The fourth-order valence-electron chi connectivity index (χ4n) is 6.20. The van der Waals surface area contributed by atoms with Gasteiger partial charge in [-0.3, -0.25) is 9.59 Å². The molecule has 0 aliphatic rings. The molecule has 3 atom stereocenters. The fraction of sp³-hybridized carbons (Fsp3) is 0.356. The molecule has 55 heavy (non-hydrogen) atoms. The Kier molecular flexibility index (Phi) is 14.3. The van der Waals surface area contributed by atoms with Gasteiger partial charge >= 0.3 is 5.97 Å². The van der Waals surface area contributed by atoms with E-state index in [-0.39, 0.29) is 11.8 Å². The molecule has 2 amide bonds. The highest BCUT2D eigenvalue weighted by atomic mass is 32.1. The SMILES string of the molecule is CCCCCCCOc1ccc(-c2cnc(-c3ccc(C[C@H](NC(=O)c4ccc(C(C)(C)C)s4)C(=O)N[C@H](C(=O)O)[C@@H](C)c4ccccc4)cc3)nc2)cc1. The van der Waals surface area contributed by atoms with Crippen LogP contribution in [0.2, 0.25) is 0 Å². The zero-order chi connectivity index (χ0) is 39.4. The minimum atomic E-state index is -1.21. The second-order valence-corrected chi connectivity index (χ2v) is 16.0. The van der Waals surface area contributed by atoms with Gasteiger partial charge in [-0.1, -0.05) is 127 Å². The molecule has 3 N–H and O–H groups in total. The lowest BCUT2D eigenvalue weighted by Crippen LogP contribution is -2.53. The number of carboxylic acid groups (broad SMARTS) is 1. The number of hydrogen-bond donors (Lipinski definition) is 3. The Balaban J connectivity index is 1.27. The molecular formula is C45H52N4O5S. The molecule has 5 aromatic rings. The lowest BCUT2D eigenvalue weighted by Gasteiger charge is -2.25. The molecule has 0 bridgehead atoms. The average molecular weight is 761 g/mol. The molecule has 0 saturated carbocycles. The minimum absolute atomic E-state index is 0.137. The van der Waals surface area contributed by atoms with Crippen molar-refractivity contribution in [2.24, 2.45) is 0 Å². The number of rotatable bonds is 18. The maximum Gasteiger partial charge on any atom is 0.326 e. The van der Waals surface area contributed by atoms with E-state index < -0.39 is 35.8 Å². The van der Waals surface area contributed by atoms with E-state index in [0.29, 0.717) is 10.7 Å². The van der Waals surface area contributed by atoms with Crippen LogP contribution in [-0.2, 0) is 21.4 Å². The van der Waals surface area contributed by atoms with Gasteiger partial charge in [-0.25, -0.2) is 14.8 Å². The third kappa shape index (κ3) is 11.6. The van der Waals surface area contributed by atoms with E-state index in [1.54, 1.807) is 25.4 Å². The summed E-state index contributed by atoms with van der Waals surface area (Å²) in [5.74, 6) is -1.25. The number of benzene rings is 3. The molecule has 0 spiro atoms. The third-order valence-corrected chi connectivity index (χ3v) is 11.1. The second-order valence-electron chi connectivity index (χ2n) is 14.9. The van der Waals surface area contributed by atoms with Crippen LogP contribution < -0.4 is 15.4 Å². The van der Waals surface area contributed by atoms with Crippen molar-refractivity contribution < 1.29 is 24.2 Å².